The highest BCUT2D eigenvalue weighted by Gasteiger charge is 2.30. The number of carbonyl (C=O) groups excluding carboxylic acids is 1. The summed E-state index contributed by atoms with van der Waals surface area (Å²) < 4.78 is 39.2. The summed E-state index contributed by atoms with van der Waals surface area (Å²) in [7, 11) is 0. The first-order chi connectivity index (χ1) is 19.1. The molecule has 0 unspecified atom stereocenters. The van der Waals surface area contributed by atoms with Crippen LogP contribution in [0.3, 0.4) is 0 Å². The normalized spacial score (nSPS) is 11.1. The monoisotopic (exact) mass is 578 g/mol. The first kappa shape index (κ1) is 29.1. The lowest BCUT2D eigenvalue weighted by atomic mass is 9.98. The maximum absolute atomic E-state index is 13.4. The highest BCUT2D eigenvalue weighted by atomic mass is 35.5. The van der Waals surface area contributed by atoms with Crippen molar-refractivity contribution in [1.82, 2.24) is 4.98 Å². The molecule has 1 heterocycles. The summed E-state index contributed by atoms with van der Waals surface area (Å²) in [6.07, 6.45) is -0.790. The standard InChI is InChI=1S/C29H20ClF3N2OS.C3H6/c1-37-21-11-12-22(23(16-21)17-6-8-19(9-7-17)29(31,32)33)28(36)34-20-10-13-25(30)24(15-20)27-14-18-4-2-3-5-26(18)35-27;1-3-2/h2-16,35H,1H3,(H,34,36);3H,1H2,2H3. The number of hydrogen-bond acceptors (Lipinski definition) is 2. The van der Waals surface area contributed by atoms with Gasteiger partial charge in [-0.05, 0) is 85.0 Å². The first-order valence-electron chi connectivity index (χ1n) is 12.3. The Kier molecular flexibility index (Phi) is 9.07. The summed E-state index contributed by atoms with van der Waals surface area (Å²) in [5, 5.41) is 4.48. The van der Waals surface area contributed by atoms with Crippen LogP contribution in [0.5, 0.6) is 0 Å². The minimum atomic E-state index is -4.43. The first-order valence-corrected chi connectivity index (χ1v) is 13.9. The summed E-state index contributed by atoms with van der Waals surface area (Å²) in [6, 6.07) is 25.2. The van der Waals surface area contributed by atoms with Gasteiger partial charge in [-0.25, -0.2) is 0 Å². The predicted octanol–water partition coefficient (Wildman–Crippen LogP) is 10.3. The van der Waals surface area contributed by atoms with Crippen LogP contribution in [0.1, 0.15) is 22.8 Å². The number of benzene rings is 4. The number of aromatic amines is 1. The van der Waals surface area contributed by atoms with Crippen LogP contribution in [0.2, 0.25) is 5.02 Å². The van der Waals surface area contributed by atoms with E-state index in [1.54, 1.807) is 36.4 Å². The van der Waals surface area contributed by atoms with Crippen LogP contribution in [0.25, 0.3) is 33.3 Å². The molecule has 2 N–H and O–H groups in total. The van der Waals surface area contributed by atoms with Gasteiger partial charge in [0, 0.05) is 38.3 Å². The molecule has 40 heavy (non-hydrogen) atoms. The zero-order valence-corrected chi connectivity index (χ0v) is 23.3. The fourth-order valence-electron chi connectivity index (χ4n) is 4.15. The second kappa shape index (κ2) is 12.5. The smallest absolute Gasteiger partial charge is 0.354 e. The number of hydrogen-bond donors (Lipinski definition) is 2. The number of para-hydroxylation sites is 1. The number of halogens is 4. The molecule has 0 fully saturated rings. The van der Waals surface area contributed by atoms with Gasteiger partial charge in [-0.3, -0.25) is 4.79 Å². The van der Waals surface area contributed by atoms with Crippen molar-refractivity contribution in [2.75, 3.05) is 11.6 Å². The van der Waals surface area contributed by atoms with E-state index in [1.807, 2.05) is 49.6 Å². The van der Waals surface area contributed by atoms with E-state index in [4.69, 9.17) is 11.6 Å². The lowest BCUT2D eigenvalue weighted by Gasteiger charge is -2.14. The third-order valence-electron chi connectivity index (χ3n) is 6.04. The van der Waals surface area contributed by atoms with E-state index in [-0.39, 0.29) is 5.91 Å². The number of rotatable bonds is 5. The Morgan fingerprint density at radius 1 is 0.950 bits per heavy atom. The van der Waals surface area contributed by atoms with E-state index < -0.39 is 11.7 Å². The molecule has 204 valence electrons. The highest BCUT2D eigenvalue weighted by Crippen LogP contribution is 2.35. The van der Waals surface area contributed by atoms with Gasteiger partial charge in [-0.2, -0.15) is 13.2 Å². The number of thioether (sulfide) groups is 1. The fourth-order valence-corrected chi connectivity index (χ4v) is 4.81. The van der Waals surface area contributed by atoms with Crippen LogP contribution >= 0.6 is 23.4 Å². The number of allylic oxidation sites excluding steroid dienone is 1. The molecule has 0 aliphatic carbocycles. The molecule has 8 heteroatoms. The maximum Gasteiger partial charge on any atom is 0.416 e. The molecule has 0 aliphatic rings. The van der Waals surface area contributed by atoms with Crippen LogP contribution in [0.4, 0.5) is 18.9 Å². The van der Waals surface area contributed by atoms with Crippen LogP contribution in [0.15, 0.2) is 109 Å². The summed E-state index contributed by atoms with van der Waals surface area (Å²) in [5.74, 6) is -0.382. The minimum absolute atomic E-state index is 0.347. The van der Waals surface area contributed by atoms with Crippen molar-refractivity contribution in [3.63, 3.8) is 0 Å². The van der Waals surface area contributed by atoms with Crippen LogP contribution in [0, 0.1) is 0 Å². The SMILES string of the molecule is C=CC.CSc1ccc(C(=O)Nc2ccc(Cl)c(-c3cc4ccccc4[nH]3)c2)c(-c2ccc(C(F)(F)F)cc2)c1. The van der Waals surface area contributed by atoms with Gasteiger partial charge < -0.3 is 10.3 Å². The lowest BCUT2D eigenvalue weighted by molar-refractivity contribution is -0.137. The number of alkyl halides is 3. The van der Waals surface area contributed by atoms with Gasteiger partial charge in [0.05, 0.1) is 10.6 Å². The van der Waals surface area contributed by atoms with E-state index in [0.29, 0.717) is 27.4 Å². The molecule has 0 saturated carbocycles. The van der Waals surface area contributed by atoms with E-state index in [0.717, 1.165) is 39.2 Å². The van der Waals surface area contributed by atoms with Crippen LogP contribution < -0.4 is 5.32 Å². The van der Waals surface area contributed by atoms with Crippen molar-refractivity contribution in [2.45, 2.75) is 18.0 Å². The third-order valence-corrected chi connectivity index (χ3v) is 7.09. The zero-order valence-electron chi connectivity index (χ0n) is 21.8. The Morgan fingerprint density at radius 3 is 2.30 bits per heavy atom. The number of anilines is 1. The molecule has 3 nitrogen and oxygen atoms in total. The largest absolute Gasteiger partial charge is 0.416 e. The molecule has 0 bridgehead atoms. The van der Waals surface area contributed by atoms with Crippen molar-refractivity contribution in [1.29, 1.82) is 0 Å². The molecule has 1 aromatic heterocycles. The van der Waals surface area contributed by atoms with Crippen LogP contribution in [-0.4, -0.2) is 17.1 Å². The predicted molar refractivity (Wildman–Crippen MR) is 161 cm³/mol. The van der Waals surface area contributed by atoms with Gasteiger partial charge in [0.15, 0.2) is 0 Å². The van der Waals surface area contributed by atoms with Gasteiger partial charge in [0.1, 0.15) is 0 Å². The number of fused-ring (bicyclic) bond motifs is 1. The number of amides is 1. The molecular weight excluding hydrogens is 553 g/mol. The van der Waals surface area contributed by atoms with Gasteiger partial charge in [0.25, 0.3) is 5.91 Å². The minimum Gasteiger partial charge on any atom is -0.354 e. The fraction of sp³-hybridized carbons (Fsp3) is 0.0938. The number of nitrogens with one attached hydrogen (secondary N) is 2. The molecular formula is C32H26ClF3N2OS. The molecule has 0 spiro atoms. The second-order valence-corrected chi connectivity index (χ2v) is 10.1. The average molecular weight is 579 g/mol. The Morgan fingerprint density at radius 2 is 1.65 bits per heavy atom. The Balaban J connectivity index is 0.00000118. The Labute approximate surface area is 240 Å². The average Bonchev–Trinajstić information content (AvgIpc) is 3.38. The zero-order chi connectivity index (χ0) is 28.9. The lowest BCUT2D eigenvalue weighted by Crippen LogP contribution is -2.13. The van der Waals surface area contributed by atoms with Gasteiger partial charge in [-0.1, -0.05) is 48.0 Å². The quantitative estimate of drug-likeness (QED) is 0.161. The molecule has 0 radical (unpaired) electrons. The molecule has 4 aromatic carbocycles. The van der Waals surface area contributed by atoms with Crippen LogP contribution in [-0.2, 0) is 6.18 Å². The topological polar surface area (TPSA) is 44.9 Å². The van der Waals surface area contributed by atoms with E-state index in [1.165, 1.54) is 23.9 Å². The molecule has 0 atom stereocenters. The Hall–Kier alpha value is -3.94. The number of aromatic nitrogens is 1. The van der Waals surface area contributed by atoms with Crippen molar-refractivity contribution in [3.8, 4) is 22.4 Å². The summed E-state index contributed by atoms with van der Waals surface area (Å²) in [5.41, 5.74) is 3.72. The van der Waals surface area contributed by atoms with Gasteiger partial charge in [0.2, 0.25) is 0 Å². The highest BCUT2D eigenvalue weighted by molar-refractivity contribution is 7.98. The van der Waals surface area contributed by atoms with E-state index >= 15 is 0 Å². The van der Waals surface area contributed by atoms with Crippen molar-refractivity contribution >= 4 is 45.9 Å². The van der Waals surface area contributed by atoms with Crippen molar-refractivity contribution < 1.29 is 18.0 Å². The maximum atomic E-state index is 13.4. The summed E-state index contributed by atoms with van der Waals surface area (Å²) in [6.45, 7) is 5.25. The van der Waals surface area contributed by atoms with E-state index in [2.05, 4.69) is 16.9 Å². The Bertz CT molecular complexity index is 1630. The molecule has 0 aliphatic heterocycles. The second-order valence-electron chi connectivity index (χ2n) is 8.81. The summed E-state index contributed by atoms with van der Waals surface area (Å²) >= 11 is 7.96. The molecule has 0 saturated heterocycles. The summed E-state index contributed by atoms with van der Waals surface area (Å²) in [4.78, 5) is 17.6. The van der Waals surface area contributed by atoms with E-state index in [9.17, 15) is 18.0 Å². The molecule has 1 amide bonds. The molecule has 5 rings (SSSR count). The van der Waals surface area contributed by atoms with Gasteiger partial charge >= 0.3 is 6.18 Å². The third kappa shape index (κ3) is 6.61. The van der Waals surface area contributed by atoms with Crippen molar-refractivity contribution in [2.24, 2.45) is 0 Å². The number of carbonyl (C=O) groups is 1. The van der Waals surface area contributed by atoms with Gasteiger partial charge in [-0.15, -0.1) is 18.3 Å². The molecule has 5 aromatic rings. The van der Waals surface area contributed by atoms with Crippen molar-refractivity contribution in [3.05, 3.63) is 120 Å². The number of H-pyrrole nitrogens is 1.